The van der Waals surface area contributed by atoms with Crippen molar-refractivity contribution in [2.45, 2.75) is 297 Å². The van der Waals surface area contributed by atoms with Gasteiger partial charge in [-0.1, -0.05) is 264 Å². The second-order valence-electron chi connectivity index (χ2n) is 21.3. The Kier molecular flexibility index (Phi) is 62.3. The van der Waals surface area contributed by atoms with Gasteiger partial charge in [-0.05, 0) is 141 Å². The highest BCUT2D eigenvalue weighted by Crippen LogP contribution is 2.15. The van der Waals surface area contributed by atoms with Gasteiger partial charge < -0.3 is 14.2 Å². The van der Waals surface area contributed by atoms with Crippen molar-refractivity contribution in [3.8, 4) is 0 Å². The molecule has 0 amide bonds. The van der Waals surface area contributed by atoms with Gasteiger partial charge >= 0.3 is 17.9 Å². The molecule has 0 aliphatic carbocycles. The smallest absolute Gasteiger partial charge is 0.306 e. The third-order valence-electron chi connectivity index (χ3n) is 13.6. The van der Waals surface area contributed by atoms with E-state index in [0.717, 1.165) is 141 Å². The predicted molar refractivity (Wildman–Crippen MR) is 343 cm³/mol. The van der Waals surface area contributed by atoms with E-state index in [4.69, 9.17) is 14.2 Å². The average Bonchev–Trinajstić information content (AvgIpc) is 3.45. The number of esters is 3. The van der Waals surface area contributed by atoms with Gasteiger partial charge in [0.25, 0.3) is 0 Å². The molecule has 0 fully saturated rings. The number of hydrogen-bond donors (Lipinski definition) is 0. The molecular formula is C73H120O6. The summed E-state index contributed by atoms with van der Waals surface area (Å²) in [5.74, 6) is -0.947. The molecule has 0 saturated heterocycles. The Bertz CT molecular complexity index is 1680. The van der Waals surface area contributed by atoms with Gasteiger partial charge in [0.1, 0.15) is 13.2 Å². The van der Waals surface area contributed by atoms with Gasteiger partial charge in [-0.2, -0.15) is 0 Å². The molecule has 0 bridgehead atoms. The Hall–Kier alpha value is -4.45. The Morgan fingerprint density at radius 1 is 0.266 bits per heavy atom. The summed E-state index contributed by atoms with van der Waals surface area (Å²) in [5, 5.41) is 0. The molecule has 6 nitrogen and oxygen atoms in total. The Morgan fingerprint density at radius 2 is 0.494 bits per heavy atom. The summed E-state index contributed by atoms with van der Waals surface area (Å²) in [6, 6.07) is 0. The number of carbonyl (C=O) groups is 3. The van der Waals surface area contributed by atoms with E-state index in [1.807, 2.05) is 0 Å². The molecule has 0 radical (unpaired) electrons. The van der Waals surface area contributed by atoms with Crippen LogP contribution >= 0.6 is 0 Å². The van der Waals surface area contributed by atoms with Gasteiger partial charge in [0.15, 0.2) is 6.10 Å². The first-order chi connectivity index (χ1) is 39.0. The summed E-state index contributed by atoms with van der Waals surface area (Å²) in [6.07, 6.45) is 93.1. The highest BCUT2D eigenvalue weighted by Gasteiger charge is 2.19. The van der Waals surface area contributed by atoms with Gasteiger partial charge in [0.2, 0.25) is 0 Å². The molecule has 0 saturated carbocycles. The highest BCUT2D eigenvalue weighted by atomic mass is 16.6. The van der Waals surface area contributed by atoms with E-state index in [1.165, 1.54) is 109 Å². The van der Waals surface area contributed by atoms with E-state index in [-0.39, 0.29) is 31.1 Å². The summed E-state index contributed by atoms with van der Waals surface area (Å²) in [7, 11) is 0. The summed E-state index contributed by atoms with van der Waals surface area (Å²) in [4.78, 5) is 38.3. The predicted octanol–water partition coefficient (Wildman–Crippen LogP) is 22.5. The minimum atomic E-state index is -0.806. The Labute approximate surface area is 487 Å². The highest BCUT2D eigenvalue weighted by molar-refractivity contribution is 5.71. The minimum Gasteiger partial charge on any atom is -0.462 e. The van der Waals surface area contributed by atoms with Crippen LogP contribution in [0.1, 0.15) is 290 Å². The van der Waals surface area contributed by atoms with Crippen molar-refractivity contribution in [3.05, 3.63) is 134 Å². The number of ether oxygens (including phenoxy) is 3. The molecule has 0 aliphatic rings. The first-order valence-electron chi connectivity index (χ1n) is 32.7. The molecule has 0 rings (SSSR count). The Morgan fingerprint density at radius 3 is 0.810 bits per heavy atom. The van der Waals surface area contributed by atoms with E-state index >= 15 is 0 Å². The quantitative estimate of drug-likeness (QED) is 0.0261. The van der Waals surface area contributed by atoms with E-state index in [1.54, 1.807) is 0 Å². The zero-order valence-electron chi connectivity index (χ0n) is 51.3. The lowest BCUT2D eigenvalue weighted by molar-refractivity contribution is -0.167. The third kappa shape index (κ3) is 64.3. The lowest BCUT2D eigenvalue weighted by Gasteiger charge is -2.18. The normalized spacial score (nSPS) is 13.0. The number of hydrogen-bond acceptors (Lipinski definition) is 6. The van der Waals surface area contributed by atoms with Crippen LogP contribution in [0.4, 0.5) is 0 Å². The lowest BCUT2D eigenvalue weighted by atomic mass is 10.1. The van der Waals surface area contributed by atoms with Crippen molar-refractivity contribution >= 4 is 17.9 Å². The fourth-order valence-corrected chi connectivity index (χ4v) is 8.72. The lowest BCUT2D eigenvalue weighted by Crippen LogP contribution is -2.30. The monoisotopic (exact) mass is 1090 g/mol. The van der Waals surface area contributed by atoms with Crippen molar-refractivity contribution < 1.29 is 28.6 Å². The molecular weight excluding hydrogens is 973 g/mol. The summed E-state index contributed by atoms with van der Waals surface area (Å²) < 4.78 is 16.9. The van der Waals surface area contributed by atoms with Crippen LogP contribution in [0.15, 0.2) is 134 Å². The second-order valence-corrected chi connectivity index (χ2v) is 21.3. The molecule has 0 heterocycles. The molecule has 1 unspecified atom stereocenters. The van der Waals surface area contributed by atoms with Crippen molar-refractivity contribution in [1.82, 2.24) is 0 Å². The van der Waals surface area contributed by atoms with Crippen LogP contribution in [0.5, 0.6) is 0 Å². The van der Waals surface area contributed by atoms with Crippen molar-refractivity contribution in [2.24, 2.45) is 0 Å². The fraction of sp³-hybridized carbons (Fsp3) is 0.658. The average molecular weight is 1090 g/mol. The van der Waals surface area contributed by atoms with Gasteiger partial charge in [0.05, 0.1) is 0 Å². The van der Waals surface area contributed by atoms with Gasteiger partial charge in [-0.25, -0.2) is 0 Å². The maximum absolute atomic E-state index is 12.9. The number of carbonyl (C=O) groups excluding carboxylic acids is 3. The van der Waals surface area contributed by atoms with Gasteiger partial charge in [-0.15, -0.1) is 0 Å². The van der Waals surface area contributed by atoms with E-state index in [0.29, 0.717) is 19.3 Å². The van der Waals surface area contributed by atoms with E-state index in [9.17, 15) is 14.4 Å². The standard InChI is InChI=1S/C73H120O6/c1-4-7-10-13-16-19-22-25-27-29-31-33-35-36-38-39-41-43-45-48-51-54-57-60-63-66-72(75)78-69-70(68-77-71(74)65-62-59-56-53-50-47-24-21-18-15-12-9-6-3)79-73(76)67-64-61-58-55-52-49-46-44-42-40-37-34-32-30-28-26-23-20-17-14-11-8-5-2/h7,10,16,19,21,23-27,30-33,36-38,40-41,43,48,51,70H,4-6,8-9,11-15,17-18,20,22,28-29,34-35,39,42,44-47,49-50,52-69H2,1-3H3/b10-7-,19-16-,24-21-,26-23-,27-25-,32-30-,33-31-,38-36-,40-37-,43-41-,51-48-. The van der Waals surface area contributed by atoms with Crippen LogP contribution in [0.3, 0.4) is 0 Å². The molecule has 0 spiro atoms. The largest absolute Gasteiger partial charge is 0.462 e. The number of unbranched alkanes of at least 4 members (excludes halogenated alkanes) is 25. The van der Waals surface area contributed by atoms with Crippen molar-refractivity contribution in [3.63, 3.8) is 0 Å². The van der Waals surface area contributed by atoms with E-state index in [2.05, 4.69) is 154 Å². The second kappa shape index (κ2) is 66.1. The zero-order valence-corrected chi connectivity index (χ0v) is 51.3. The fourth-order valence-electron chi connectivity index (χ4n) is 8.72. The van der Waals surface area contributed by atoms with Crippen LogP contribution in [0, 0.1) is 0 Å². The van der Waals surface area contributed by atoms with E-state index < -0.39 is 6.10 Å². The third-order valence-corrected chi connectivity index (χ3v) is 13.6. The van der Waals surface area contributed by atoms with Crippen molar-refractivity contribution in [2.75, 3.05) is 13.2 Å². The first-order valence-corrected chi connectivity index (χ1v) is 32.7. The number of allylic oxidation sites excluding steroid dienone is 22. The molecule has 0 aliphatic heterocycles. The maximum atomic E-state index is 12.9. The zero-order chi connectivity index (χ0) is 57.1. The molecule has 6 heteroatoms. The Balaban J connectivity index is 4.45. The molecule has 448 valence electrons. The molecule has 0 aromatic carbocycles. The molecule has 0 N–H and O–H groups in total. The molecule has 0 aromatic heterocycles. The van der Waals surface area contributed by atoms with Gasteiger partial charge in [0, 0.05) is 19.3 Å². The summed E-state index contributed by atoms with van der Waals surface area (Å²) in [6.45, 7) is 6.47. The molecule has 1 atom stereocenters. The van der Waals surface area contributed by atoms with Gasteiger partial charge in [-0.3, -0.25) is 14.4 Å². The summed E-state index contributed by atoms with van der Waals surface area (Å²) >= 11 is 0. The topological polar surface area (TPSA) is 78.9 Å². The molecule has 0 aromatic rings. The SMILES string of the molecule is CC/C=C\C/C=C\C/C=C\C/C=C\C/C=C\C/C=C\C/C=C\CCCCCC(=O)OCC(COC(=O)CCCCCCC/C=C\CCCCCC)OC(=O)CCCCCCCCCC/C=C\C/C=C\C/C=C\CCCCCCC. The van der Waals surface area contributed by atoms with Crippen LogP contribution in [0.2, 0.25) is 0 Å². The first kappa shape index (κ1) is 74.5. The van der Waals surface area contributed by atoms with Crippen LogP contribution < -0.4 is 0 Å². The minimum absolute atomic E-state index is 0.0996. The van der Waals surface area contributed by atoms with Crippen LogP contribution in [0.25, 0.3) is 0 Å². The van der Waals surface area contributed by atoms with Crippen LogP contribution in [-0.2, 0) is 28.6 Å². The maximum Gasteiger partial charge on any atom is 0.306 e. The molecule has 79 heavy (non-hydrogen) atoms. The number of rotatable bonds is 58. The van der Waals surface area contributed by atoms with Crippen molar-refractivity contribution in [1.29, 1.82) is 0 Å². The van der Waals surface area contributed by atoms with Crippen LogP contribution in [-0.4, -0.2) is 37.2 Å². The summed E-state index contributed by atoms with van der Waals surface area (Å²) in [5.41, 5.74) is 0.